The quantitative estimate of drug-likeness (QED) is 0.0130. The molecule has 2 rings (SSSR count). The summed E-state index contributed by atoms with van der Waals surface area (Å²) in [6.07, 6.45) is 12.8. The summed E-state index contributed by atoms with van der Waals surface area (Å²) in [7, 11) is -5.37. The Kier molecular flexibility index (Phi) is 35.8. The number of rotatable bonds is 42. The van der Waals surface area contributed by atoms with Crippen molar-refractivity contribution < 1.29 is 87.9 Å². The van der Waals surface area contributed by atoms with Gasteiger partial charge in [0.05, 0.1) is 13.2 Å². The summed E-state index contributed by atoms with van der Waals surface area (Å²) in [5, 5.41) is 83.0. The Hall–Kier alpha value is -1.61. The fourth-order valence-electron chi connectivity index (χ4n) is 8.76. The Morgan fingerprint density at radius 1 is 0.529 bits per heavy atom. The molecule has 0 aromatic heterocycles. The molecule has 6 unspecified atom stereocenters. The van der Waals surface area contributed by atoms with E-state index in [4.69, 9.17) is 28.0 Å². The van der Waals surface area contributed by atoms with Gasteiger partial charge in [-0.25, -0.2) is 4.57 Å². The maximum Gasteiger partial charge on any atom is 0.472 e. The summed E-state index contributed by atoms with van der Waals surface area (Å²) in [6.45, 7) is 2.24. The van der Waals surface area contributed by atoms with Crippen molar-refractivity contribution in [1.82, 2.24) is 0 Å². The van der Waals surface area contributed by atoms with Gasteiger partial charge in [-0.15, -0.1) is 0 Å². The van der Waals surface area contributed by atoms with Crippen molar-refractivity contribution in [2.75, 3.05) is 19.8 Å². The zero-order valence-corrected chi connectivity index (χ0v) is 43.5. The molecule has 1 aliphatic heterocycles. The molecular formula is C51H95O18P. The number of carbonyl (C=O) groups excluding carboxylic acids is 2. The third kappa shape index (κ3) is 27.1. The maximum atomic E-state index is 13.4. The van der Waals surface area contributed by atoms with E-state index in [-0.39, 0.29) is 12.8 Å². The molecular weight excluding hydrogens is 932 g/mol. The number of phosphoric acid groups is 1. The molecule has 1 aliphatic carbocycles. The van der Waals surface area contributed by atoms with Crippen LogP contribution in [0.2, 0.25) is 0 Å². The van der Waals surface area contributed by atoms with Gasteiger partial charge in [0.15, 0.2) is 12.4 Å². The van der Waals surface area contributed by atoms with E-state index in [1.54, 1.807) is 0 Å². The minimum Gasteiger partial charge on any atom is -0.462 e. The average molecular weight is 1030 g/mol. The highest BCUT2D eigenvalue weighted by Gasteiger charge is 2.55. The molecule has 0 aromatic rings. The number of aliphatic hydroxyl groups excluding tert-OH is 8. The van der Waals surface area contributed by atoms with Crippen LogP contribution < -0.4 is 0 Å². The highest BCUT2D eigenvalue weighted by atomic mass is 31.2. The number of phosphoric ester groups is 1. The van der Waals surface area contributed by atoms with Crippen molar-refractivity contribution in [2.24, 2.45) is 0 Å². The summed E-state index contributed by atoms with van der Waals surface area (Å²) in [5.41, 5.74) is 0. The van der Waals surface area contributed by atoms with Crippen molar-refractivity contribution in [3.8, 4) is 0 Å². The summed E-state index contributed by atoms with van der Waals surface area (Å²) >= 11 is 0. The second-order valence-electron chi connectivity index (χ2n) is 19.4. The molecule has 70 heavy (non-hydrogen) atoms. The van der Waals surface area contributed by atoms with Crippen LogP contribution in [0.25, 0.3) is 0 Å². The van der Waals surface area contributed by atoms with Crippen LogP contribution in [0.15, 0.2) is 12.2 Å². The van der Waals surface area contributed by atoms with E-state index in [2.05, 4.69) is 26.0 Å². The van der Waals surface area contributed by atoms with Crippen LogP contribution in [0.3, 0.4) is 0 Å². The van der Waals surface area contributed by atoms with Gasteiger partial charge in [0.25, 0.3) is 0 Å². The maximum absolute atomic E-state index is 13.4. The van der Waals surface area contributed by atoms with Crippen LogP contribution in [0, 0.1) is 0 Å². The van der Waals surface area contributed by atoms with Crippen LogP contribution in [0.5, 0.6) is 0 Å². The number of hydrogen-bond donors (Lipinski definition) is 9. The number of esters is 2. The van der Waals surface area contributed by atoms with E-state index < -0.39 is 113 Å². The first-order chi connectivity index (χ1) is 33.7. The molecule has 19 heteroatoms. The molecule has 0 amide bonds. The molecule has 1 saturated heterocycles. The van der Waals surface area contributed by atoms with Gasteiger partial charge in [-0.1, -0.05) is 167 Å². The fourth-order valence-corrected chi connectivity index (χ4v) is 9.73. The highest BCUT2D eigenvalue weighted by Crippen LogP contribution is 2.48. The topological polar surface area (TPSA) is 289 Å². The van der Waals surface area contributed by atoms with E-state index in [0.717, 1.165) is 64.2 Å². The summed E-state index contributed by atoms with van der Waals surface area (Å²) in [4.78, 5) is 36.6. The molecule has 0 bridgehead atoms. The molecule has 18 nitrogen and oxygen atoms in total. The first-order valence-corrected chi connectivity index (χ1v) is 28.5. The van der Waals surface area contributed by atoms with Crippen molar-refractivity contribution in [3.63, 3.8) is 0 Å². The molecule has 412 valence electrons. The van der Waals surface area contributed by atoms with E-state index >= 15 is 0 Å². The Labute approximate surface area is 418 Å². The summed E-state index contributed by atoms with van der Waals surface area (Å²) in [5.74, 6) is -1.22. The molecule has 1 saturated carbocycles. The zero-order valence-electron chi connectivity index (χ0n) is 42.6. The molecule has 13 atom stereocenters. The fraction of sp³-hybridized carbons (Fsp3) is 0.922. The number of aliphatic hydroxyl groups is 8. The Morgan fingerprint density at radius 3 is 1.41 bits per heavy atom. The summed E-state index contributed by atoms with van der Waals surface area (Å²) < 4.78 is 45.5. The predicted molar refractivity (Wildman–Crippen MR) is 263 cm³/mol. The lowest BCUT2D eigenvalue weighted by atomic mass is 9.84. The lowest BCUT2D eigenvalue weighted by molar-refractivity contribution is -0.338. The van der Waals surface area contributed by atoms with E-state index in [1.165, 1.54) is 103 Å². The van der Waals surface area contributed by atoms with Crippen LogP contribution in [-0.2, 0) is 42.1 Å². The van der Waals surface area contributed by atoms with Crippen LogP contribution in [0.4, 0.5) is 0 Å². The number of ether oxygens (including phenoxy) is 4. The number of unbranched alkanes of at least 4 members (excludes halogenated alkanes) is 25. The Morgan fingerprint density at radius 2 is 0.943 bits per heavy atom. The predicted octanol–water partition coefficient (Wildman–Crippen LogP) is 6.88. The lowest BCUT2D eigenvalue weighted by Gasteiger charge is -2.47. The van der Waals surface area contributed by atoms with Gasteiger partial charge in [0.1, 0.15) is 67.6 Å². The van der Waals surface area contributed by atoms with E-state index in [9.17, 15) is 59.9 Å². The molecule has 9 N–H and O–H groups in total. The Bertz CT molecular complexity index is 1410. The number of hydrogen-bond acceptors (Lipinski definition) is 17. The second-order valence-corrected chi connectivity index (χ2v) is 20.8. The lowest BCUT2D eigenvalue weighted by Crippen LogP contribution is -2.67. The summed E-state index contributed by atoms with van der Waals surface area (Å²) in [6, 6.07) is 0. The second kappa shape index (κ2) is 38.9. The van der Waals surface area contributed by atoms with Crippen molar-refractivity contribution in [3.05, 3.63) is 12.2 Å². The molecule has 2 aliphatic rings. The third-order valence-corrected chi connectivity index (χ3v) is 14.2. The monoisotopic (exact) mass is 1030 g/mol. The molecule has 1 heterocycles. The van der Waals surface area contributed by atoms with Crippen molar-refractivity contribution in [1.29, 1.82) is 0 Å². The van der Waals surface area contributed by atoms with Gasteiger partial charge in [-0.2, -0.15) is 0 Å². The van der Waals surface area contributed by atoms with Crippen molar-refractivity contribution in [2.45, 2.75) is 280 Å². The van der Waals surface area contributed by atoms with Crippen molar-refractivity contribution >= 4 is 19.8 Å². The molecule has 0 radical (unpaired) electrons. The van der Waals surface area contributed by atoms with E-state index in [1.807, 2.05) is 0 Å². The van der Waals surface area contributed by atoms with Gasteiger partial charge in [-0.05, 0) is 38.5 Å². The van der Waals surface area contributed by atoms with Gasteiger partial charge in [0.2, 0.25) is 0 Å². The van der Waals surface area contributed by atoms with Crippen LogP contribution in [0.1, 0.15) is 206 Å². The molecule has 0 aromatic carbocycles. The van der Waals surface area contributed by atoms with Gasteiger partial charge >= 0.3 is 19.8 Å². The van der Waals surface area contributed by atoms with Gasteiger partial charge < -0.3 is 64.7 Å². The first-order valence-electron chi connectivity index (χ1n) is 27.0. The minimum atomic E-state index is -5.37. The SMILES string of the molecule is CCCCCCCC/C=C\CCCCCCCC(=O)OC[C@H](COP(=O)(O)O[C@@H]1C(O)C(O)[C@@H](O)C(O)[C@H]1O[C@H]1OC(CO)[C@@H](O)C(O)[C@H]1O)OC(=O)CCCCCCCCCCCCCCCCC. The minimum absolute atomic E-state index is 0.0360. The van der Waals surface area contributed by atoms with Crippen LogP contribution >= 0.6 is 7.82 Å². The normalized spacial score (nSPS) is 27.4. The smallest absolute Gasteiger partial charge is 0.462 e. The van der Waals surface area contributed by atoms with E-state index in [0.29, 0.717) is 12.8 Å². The highest BCUT2D eigenvalue weighted by molar-refractivity contribution is 7.47. The standard InChI is InChI=1S/C51H95O18P/c1-3-5-7-9-11-13-15-17-19-21-23-25-27-29-31-33-40(53)64-36-38(66-41(54)34-32-30-28-26-24-22-20-18-16-14-12-10-8-6-4-2)37-65-70(62,63)69-50-47(60)45(58)44(57)46(59)49(50)68-51-48(61)43(56)42(55)39(35-52)67-51/h17,19,38-39,42-52,55-61H,3-16,18,20-37H2,1-2H3,(H,62,63)/b19-17-/t38-,39?,42-,43?,44-,45?,46?,47?,48-,49-,50-,51-/m1/s1. The number of allylic oxidation sites excluding steroid dienone is 2. The molecule has 0 spiro atoms. The molecule has 2 fully saturated rings. The number of carbonyl (C=O) groups is 2. The van der Waals surface area contributed by atoms with Gasteiger partial charge in [0, 0.05) is 12.8 Å². The zero-order chi connectivity index (χ0) is 51.6. The third-order valence-electron chi connectivity index (χ3n) is 13.2. The average Bonchev–Trinajstić information content (AvgIpc) is 3.34. The largest absolute Gasteiger partial charge is 0.472 e. The Balaban J connectivity index is 1.92. The van der Waals surface area contributed by atoms with Gasteiger partial charge in [-0.3, -0.25) is 18.6 Å². The first kappa shape index (κ1) is 64.5. The van der Waals surface area contributed by atoms with Crippen LogP contribution in [-0.4, -0.2) is 151 Å².